The third-order valence-electron chi connectivity index (χ3n) is 2.93. The van der Waals surface area contributed by atoms with Crippen molar-refractivity contribution >= 4 is 0 Å². The molecule has 0 spiro atoms. The van der Waals surface area contributed by atoms with Crippen LogP contribution in [0.5, 0.6) is 0 Å². The van der Waals surface area contributed by atoms with Crippen molar-refractivity contribution in [3.05, 3.63) is 34.9 Å². The van der Waals surface area contributed by atoms with Crippen molar-refractivity contribution in [3.8, 4) is 0 Å². The highest BCUT2D eigenvalue weighted by Gasteiger charge is 1.92. The minimum atomic E-state index is 0.630. The van der Waals surface area contributed by atoms with E-state index in [1.54, 1.807) is 7.11 Å². The largest absolute Gasteiger partial charge is 0.240 e. The van der Waals surface area contributed by atoms with Crippen LogP contribution in [0.25, 0.3) is 0 Å². The molecule has 0 aromatic carbocycles. The third kappa shape index (κ3) is 13.4. The summed E-state index contributed by atoms with van der Waals surface area (Å²) in [4.78, 5) is 9.38. The van der Waals surface area contributed by atoms with Crippen LogP contribution in [-0.4, -0.2) is 13.7 Å². The van der Waals surface area contributed by atoms with Gasteiger partial charge in [-0.15, -0.1) is 0 Å². The van der Waals surface area contributed by atoms with Gasteiger partial charge in [-0.2, -0.15) is 0 Å². The molecule has 0 atom stereocenters. The summed E-state index contributed by atoms with van der Waals surface area (Å²) in [6.45, 7) is 9.34. The predicted octanol–water partition coefficient (Wildman–Crippen LogP) is 5.37. The molecule has 0 aromatic rings. The van der Waals surface area contributed by atoms with E-state index in [0.717, 1.165) is 25.7 Å². The lowest BCUT2D eigenvalue weighted by Crippen LogP contribution is -1.90. The lowest BCUT2D eigenvalue weighted by Gasteiger charge is -2.02. The molecule has 0 aliphatic heterocycles. The van der Waals surface area contributed by atoms with Crippen molar-refractivity contribution in [3.63, 3.8) is 0 Å². The van der Waals surface area contributed by atoms with Crippen molar-refractivity contribution in [1.29, 1.82) is 0 Å². The molecule has 0 amide bonds. The van der Waals surface area contributed by atoms with Gasteiger partial charge in [-0.05, 0) is 59.8 Å². The summed E-state index contributed by atoms with van der Waals surface area (Å²) in [5, 5.41) is 0. The van der Waals surface area contributed by atoms with Gasteiger partial charge < -0.3 is 0 Å². The molecule has 0 bridgehead atoms. The molecule has 110 valence electrons. The molecule has 0 heterocycles. The highest BCUT2D eigenvalue weighted by atomic mass is 17.2. The van der Waals surface area contributed by atoms with Gasteiger partial charge >= 0.3 is 0 Å². The van der Waals surface area contributed by atoms with E-state index in [-0.39, 0.29) is 0 Å². The average Bonchev–Trinajstić information content (AvgIpc) is 2.34. The Kier molecular flexibility index (Phi) is 11.6. The first kappa shape index (κ1) is 18.1. The highest BCUT2D eigenvalue weighted by molar-refractivity contribution is 5.05. The van der Waals surface area contributed by atoms with Crippen LogP contribution in [0.15, 0.2) is 34.9 Å². The summed E-state index contributed by atoms with van der Waals surface area (Å²) < 4.78 is 0. The number of hydrogen-bond acceptors (Lipinski definition) is 2. The smallest absolute Gasteiger partial charge is 0.0856 e. The molecule has 0 radical (unpaired) electrons. The summed E-state index contributed by atoms with van der Waals surface area (Å²) in [7, 11) is 1.54. The number of allylic oxidation sites excluding steroid dienone is 5. The molecule has 2 nitrogen and oxygen atoms in total. The van der Waals surface area contributed by atoms with Crippen LogP contribution < -0.4 is 0 Å². The molecular weight excluding hydrogens is 236 g/mol. The van der Waals surface area contributed by atoms with Crippen LogP contribution in [-0.2, 0) is 9.78 Å². The first-order valence-electron chi connectivity index (χ1n) is 7.16. The molecular formula is C17H30O2. The Morgan fingerprint density at radius 2 is 1.32 bits per heavy atom. The quantitative estimate of drug-likeness (QED) is 0.229. The van der Waals surface area contributed by atoms with Gasteiger partial charge in [0.2, 0.25) is 0 Å². The maximum Gasteiger partial charge on any atom is 0.0856 e. The van der Waals surface area contributed by atoms with Gasteiger partial charge in [0.1, 0.15) is 0 Å². The normalized spacial score (nSPS) is 12.7. The van der Waals surface area contributed by atoms with E-state index in [4.69, 9.17) is 4.89 Å². The minimum absolute atomic E-state index is 0.630. The first-order valence-corrected chi connectivity index (χ1v) is 7.16. The van der Waals surface area contributed by atoms with Gasteiger partial charge in [0.15, 0.2) is 0 Å². The molecule has 0 saturated carbocycles. The van der Waals surface area contributed by atoms with E-state index >= 15 is 0 Å². The molecule has 0 rings (SSSR count). The molecule has 2 heteroatoms. The van der Waals surface area contributed by atoms with Crippen molar-refractivity contribution in [1.82, 2.24) is 0 Å². The Bertz CT molecular complexity index is 307. The molecule has 0 aromatic heterocycles. The standard InChI is InChI=1S/C17H30O2/c1-15(2)9-6-10-16(3)11-7-12-17(4)13-8-14-19-18-5/h9,11,13H,6-8,10,12,14H2,1-5H3. The van der Waals surface area contributed by atoms with E-state index in [1.165, 1.54) is 23.1 Å². The van der Waals surface area contributed by atoms with Crippen LogP contribution in [0.3, 0.4) is 0 Å². The van der Waals surface area contributed by atoms with Gasteiger partial charge in [-0.25, -0.2) is 9.78 Å². The van der Waals surface area contributed by atoms with E-state index in [0.29, 0.717) is 6.61 Å². The fraction of sp³-hybridized carbons (Fsp3) is 0.647. The lowest BCUT2D eigenvalue weighted by atomic mass is 10.1. The summed E-state index contributed by atoms with van der Waals surface area (Å²) >= 11 is 0. The van der Waals surface area contributed by atoms with Crippen molar-refractivity contribution in [2.45, 2.75) is 59.8 Å². The fourth-order valence-corrected chi connectivity index (χ4v) is 1.78. The zero-order valence-electron chi connectivity index (χ0n) is 13.3. The van der Waals surface area contributed by atoms with E-state index in [1.807, 2.05) is 0 Å². The van der Waals surface area contributed by atoms with Crippen LogP contribution in [0.4, 0.5) is 0 Å². The Morgan fingerprint density at radius 3 is 1.84 bits per heavy atom. The summed E-state index contributed by atoms with van der Waals surface area (Å²) in [6.07, 6.45) is 12.4. The minimum Gasteiger partial charge on any atom is -0.240 e. The van der Waals surface area contributed by atoms with Crippen molar-refractivity contribution in [2.75, 3.05) is 13.7 Å². The fourth-order valence-electron chi connectivity index (χ4n) is 1.78. The first-order chi connectivity index (χ1) is 9.06. The zero-order chi connectivity index (χ0) is 14.5. The molecule has 0 fully saturated rings. The molecule has 0 N–H and O–H groups in total. The van der Waals surface area contributed by atoms with Gasteiger partial charge in [0.25, 0.3) is 0 Å². The second-order valence-corrected chi connectivity index (χ2v) is 5.24. The summed E-state index contributed by atoms with van der Waals surface area (Å²) in [5.74, 6) is 0. The van der Waals surface area contributed by atoms with Crippen LogP contribution in [0.2, 0.25) is 0 Å². The Hall–Kier alpha value is -0.860. The van der Waals surface area contributed by atoms with Gasteiger partial charge in [-0.3, -0.25) is 0 Å². The molecule has 0 unspecified atom stereocenters. The summed E-state index contributed by atoms with van der Waals surface area (Å²) in [5.41, 5.74) is 4.32. The third-order valence-corrected chi connectivity index (χ3v) is 2.93. The molecule has 0 saturated heterocycles. The molecule has 0 aliphatic rings. The van der Waals surface area contributed by atoms with Crippen molar-refractivity contribution in [2.24, 2.45) is 0 Å². The zero-order valence-corrected chi connectivity index (χ0v) is 13.3. The maximum atomic E-state index is 4.83. The molecule has 19 heavy (non-hydrogen) atoms. The second kappa shape index (κ2) is 12.2. The van der Waals surface area contributed by atoms with E-state index in [9.17, 15) is 0 Å². The van der Waals surface area contributed by atoms with E-state index < -0.39 is 0 Å². The number of hydrogen-bond donors (Lipinski definition) is 0. The van der Waals surface area contributed by atoms with Crippen LogP contribution in [0.1, 0.15) is 59.8 Å². The van der Waals surface area contributed by atoms with Gasteiger partial charge in [-0.1, -0.05) is 34.9 Å². The van der Waals surface area contributed by atoms with Crippen LogP contribution in [0, 0.1) is 0 Å². The van der Waals surface area contributed by atoms with Gasteiger partial charge in [0, 0.05) is 0 Å². The lowest BCUT2D eigenvalue weighted by molar-refractivity contribution is -0.271. The van der Waals surface area contributed by atoms with Crippen LogP contribution >= 0.6 is 0 Å². The number of rotatable bonds is 10. The van der Waals surface area contributed by atoms with Gasteiger partial charge in [0.05, 0.1) is 13.7 Å². The Balaban J connectivity index is 3.77. The Morgan fingerprint density at radius 1 is 0.789 bits per heavy atom. The predicted molar refractivity (Wildman–Crippen MR) is 83.0 cm³/mol. The van der Waals surface area contributed by atoms with E-state index in [2.05, 4.69) is 50.8 Å². The highest BCUT2D eigenvalue weighted by Crippen LogP contribution is 2.11. The monoisotopic (exact) mass is 266 g/mol. The summed E-state index contributed by atoms with van der Waals surface area (Å²) in [6, 6.07) is 0. The SMILES string of the molecule is COOCCC=C(C)CCC=C(C)CCC=C(C)C. The van der Waals surface area contributed by atoms with Crippen molar-refractivity contribution < 1.29 is 9.78 Å². The molecule has 0 aliphatic carbocycles. The second-order valence-electron chi connectivity index (χ2n) is 5.24. The maximum absolute atomic E-state index is 4.83. The Labute approximate surface area is 119 Å². The average molecular weight is 266 g/mol. The topological polar surface area (TPSA) is 18.5 Å².